The van der Waals surface area contributed by atoms with E-state index in [4.69, 9.17) is 5.73 Å². The fourth-order valence-corrected chi connectivity index (χ4v) is 4.30. The van der Waals surface area contributed by atoms with Crippen molar-refractivity contribution in [3.05, 3.63) is 57.9 Å². The average Bonchev–Trinajstić information content (AvgIpc) is 3.22. The Hall–Kier alpha value is -2.44. The first kappa shape index (κ1) is 14.2. The first-order chi connectivity index (χ1) is 11.2. The summed E-state index contributed by atoms with van der Waals surface area (Å²) >= 11 is 2.60. The van der Waals surface area contributed by atoms with Crippen LogP contribution in [0.25, 0.3) is 32.6 Å². The Morgan fingerprint density at radius 2 is 1.83 bits per heavy atom. The minimum absolute atomic E-state index is 0.239. The average molecular weight is 342 g/mol. The summed E-state index contributed by atoms with van der Waals surface area (Å²) in [6.07, 6.45) is 0. The molecule has 0 bridgehead atoms. The maximum atomic E-state index is 14.2. The first-order valence-corrected chi connectivity index (χ1v) is 8.64. The summed E-state index contributed by atoms with van der Waals surface area (Å²) < 4.78 is 15.2. The third kappa shape index (κ3) is 2.18. The van der Waals surface area contributed by atoms with Gasteiger partial charge in [0.15, 0.2) is 5.13 Å². The number of nitrogens with two attached hydrogens (primary N) is 1. The minimum Gasteiger partial charge on any atom is -0.366 e. The molecule has 0 unspecified atom stereocenters. The van der Waals surface area contributed by atoms with Gasteiger partial charge >= 0.3 is 0 Å². The van der Waals surface area contributed by atoms with Crippen LogP contribution < -0.4 is 5.73 Å². The maximum Gasteiger partial charge on any atom is 0.249 e. The van der Waals surface area contributed by atoms with Crippen molar-refractivity contribution in [2.75, 3.05) is 0 Å². The predicted molar refractivity (Wildman–Crippen MR) is 93.4 cm³/mol. The molecule has 0 aliphatic heterocycles. The molecule has 3 N–H and O–H groups in total. The van der Waals surface area contributed by atoms with Crippen LogP contribution in [-0.2, 0) is 0 Å². The van der Waals surface area contributed by atoms with Crippen LogP contribution in [0.1, 0.15) is 10.4 Å². The number of H-pyrrole nitrogens is 1. The highest BCUT2D eigenvalue weighted by molar-refractivity contribution is 7.18. The van der Waals surface area contributed by atoms with Gasteiger partial charge in [-0.1, -0.05) is 18.2 Å². The molecular weight excluding hydrogens is 331 g/mol. The van der Waals surface area contributed by atoms with E-state index in [9.17, 15) is 9.18 Å². The molecular formula is C17H11FN2OS2. The molecule has 1 aromatic carbocycles. The largest absolute Gasteiger partial charge is 0.366 e. The van der Waals surface area contributed by atoms with E-state index in [1.165, 1.54) is 0 Å². The number of amides is 1. The van der Waals surface area contributed by atoms with Gasteiger partial charge in [-0.05, 0) is 29.0 Å². The second-order valence-corrected chi connectivity index (χ2v) is 6.84. The number of halogens is 1. The number of benzene rings is 1. The summed E-state index contributed by atoms with van der Waals surface area (Å²) in [5, 5.41) is 3.44. The monoisotopic (exact) mass is 342 g/mol. The Morgan fingerprint density at radius 3 is 2.57 bits per heavy atom. The normalized spacial score (nSPS) is 11.2. The second-order valence-electron chi connectivity index (χ2n) is 5.06. The van der Waals surface area contributed by atoms with Crippen LogP contribution in [0.15, 0.2) is 47.2 Å². The van der Waals surface area contributed by atoms with E-state index in [0.29, 0.717) is 16.7 Å². The van der Waals surface area contributed by atoms with Crippen molar-refractivity contribution >= 4 is 38.8 Å². The quantitative estimate of drug-likeness (QED) is 0.549. The van der Waals surface area contributed by atoms with Crippen LogP contribution in [0.3, 0.4) is 0 Å². The van der Waals surface area contributed by atoms with Gasteiger partial charge in [-0.3, -0.25) is 4.79 Å². The smallest absolute Gasteiger partial charge is 0.249 e. The summed E-state index contributed by atoms with van der Waals surface area (Å²) in [4.78, 5) is 15.1. The molecule has 0 saturated carbocycles. The van der Waals surface area contributed by atoms with E-state index in [1.807, 2.05) is 23.6 Å². The van der Waals surface area contributed by atoms with Crippen LogP contribution >= 0.6 is 22.7 Å². The Kier molecular flexibility index (Phi) is 3.28. The van der Waals surface area contributed by atoms with Crippen molar-refractivity contribution in [3.63, 3.8) is 0 Å². The molecule has 0 aliphatic carbocycles. The van der Waals surface area contributed by atoms with Crippen molar-refractivity contribution in [1.82, 2.24) is 4.98 Å². The molecule has 114 valence electrons. The van der Waals surface area contributed by atoms with Crippen LogP contribution in [0.4, 0.5) is 4.39 Å². The Labute approximate surface area is 139 Å². The molecule has 3 heterocycles. The molecule has 4 rings (SSSR count). The number of carbonyl (C=O) groups is 1. The van der Waals surface area contributed by atoms with Crippen LogP contribution in [0.5, 0.6) is 0 Å². The predicted octanol–water partition coefficient (Wildman–Crippen LogP) is 4.86. The fraction of sp³-hybridized carbons (Fsp3) is 0. The lowest BCUT2D eigenvalue weighted by atomic mass is 9.99. The zero-order chi connectivity index (χ0) is 16.0. The number of hydrogen-bond donors (Lipinski definition) is 2. The lowest BCUT2D eigenvalue weighted by Crippen LogP contribution is -2.12. The molecule has 3 aromatic heterocycles. The molecule has 0 saturated heterocycles. The topological polar surface area (TPSA) is 58.9 Å². The highest BCUT2D eigenvalue weighted by atomic mass is 32.1. The summed E-state index contributed by atoms with van der Waals surface area (Å²) in [5.41, 5.74) is 9.56. The summed E-state index contributed by atoms with van der Waals surface area (Å²) in [5.74, 6) is -0.504. The number of rotatable bonds is 3. The van der Waals surface area contributed by atoms with Gasteiger partial charge < -0.3 is 10.7 Å². The number of primary amides is 1. The number of fused-ring (bicyclic) bond motifs is 1. The number of aromatic nitrogens is 1. The van der Waals surface area contributed by atoms with E-state index < -0.39 is 5.91 Å². The molecule has 4 aromatic rings. The maximum absolute atomic E-state index is 14.2. The number of carbonyl (C=O) groups excluding carboxylic acids is 1. The standard InChI is InChI=1S/C17H11FN2OS2/c18-16-11(5-7-23-16)13-14(20-12-6-8-22-15(12)13)9-3-1-2-4-10(9)17(19)21/h1-8,20H,(H2,19,21). The Morgan fingerprint density at radius 1 is 1.04 bits per heavy atom. The molecule has 23 heavy (non-hydrogen) atoms. The van der Waals surface area contributed by atoms with E-state index in [1.54, 1.807) is 34.9 Å². The zero-order valence-electron chi connectivity index (χ0n) is 11.8. The van der Waals surface area contributed by atoms with Crippen molar-refractivity contribution in [2.24, 2.45) is 5.73 Å². The van der Waals surface area contributed by atoms with Gasteiger partial charge in [0, 0.05) is 22.3 Å². The van der Waals surface area contributed by atoms with Gasteiger partial charge in [-0.25, -0.2) is 0 Å². The zero-order valence-corrected chi connectivity index (χ0v) is 13.4. The lowest BCUT2D eigenvalue weighted by molar-refractivity contribution is 0.100. The van der Waals surface area contributed by atoms with Gasteiger partial charge in [0.2, 0.25) is 5.91 Å². The SMILES string of the molecule is NC(=O)c1ccccc1-c1[nH]c2ccsc2c1-c1ccsc1F. The Bertz CT molecular complexity index is 1030. The van der Waals surface area contributed by atoms with E-state index >= 15 is 0 Å². The van der Waals surface area contributed by atoms with Crippen molar-refractivity contribution < 1.29 is 9.18 Å². The van der Waals surface area contributed by atoms with Gasteiger partial charge in [0.1, 0.15) is 0 Å². The number of hydrogen-bond acceptors (Lipinski definition) is 3. The van der Waals surface area contributed by atoms with Crippen LogP contribution in [0.2, 0.25) is 0 Å². The first-order valence-electron chi connectivity index (χ1n) is 6.88. The van der Waals surface area contributed by atoms with Gasteiger partial charge in [0.25, 0.3) is 0 Å². The molecule has 0 atom stereocenters. The molecule has 1 amide bonds. The molecule has 0 aliphatic rings. The minimum atomic E-state index is -0.504. The van der Waals surface area contributed by atoms with Crippen LogP contribution in [-0.4, -0.2) is 10.9 Å². The summed E-state index contributed by atoms with van der Waals surface area (Å²) in [6.45, 7) is 0. The van der Waals surface area contributed by atoms with Crippen LogP contribution in [0, 0.1) is 5.13 Å². The highest BCUT2D eigenvalue weighted by Gasteiger charge is 2.22. The van der Waals surface area contributed by atoms with Crippen molar-refractivity contribution in [3.8, 4) is 22.4 Å². The Balaban J connectivity index is 2.08. The van der Waals surface area contributed by atoms with Gasteiger partial charge in [-0.2, -0.15) is 4.39 Å². The van der Waals surface area contributed by atoms with Gasteiger partial charge in [-0.15, -0.1) is 22.7 Å². The number of thiophene rings is 2. The summed E-state index contributed by atoms with van der Waals surface area (Å²) in [6, 6.07) is 10.8. The molecule has 0 fully saturated rings. The van der Waals surface area contributed by atoms with E-state index in [-0.39, 0.29) is 5.13 Å². The van der Waals surface area contributed by atoms with Crippen molar-refractivity contribution in [2.45, 2.75) is 0 Å². The number of aromatic amines is 1. The van der Waals surface area contributed by atoms with E-state index in [0.717, 1.165) is 32.8 Å². The lowest BCUT2D eigenvalue weighted by Gasteiger charge is -2.08. The molecule has 0 radical (unpaired) electrons. The molecule has 3 nitrogen and oxygen atoms in total. The highest BCUT2D eigenvalue weighted by Crippen LogP contribution is 2.43. The number of nitrogens with one attached hydrogen (secondary N) is 1. The van der Waals surface area contributed by atoms with Gasteiger partial charge in [0.05, 0.1) is 15.9 Å². The third-order valence-electron chi connectivity index (χ3n) is 3.75. The van der Waals surface area contributed by atoms with Crippen molar-refractivity contribution in [1.29, 1.82) is 0 Å². The molecule has 6 heteroatoms. The molecule has 0 spiro atoms. The van der Waals surface area contributed by atoms with E-state index in [2.05, 4.69) is 4.98 Å². The fourth-order valence-electron chi connectivity index (χ4n) is 2.76. The second kappa shape index (κ2) is 5.33. The third-order valence-corrected chi connectivity index (χ3v) is 5.38. The summed E-state index contributed by atoms with van der Waals surface area (Å²) in [7, 11) is 0.